The SMILES string of the molecule is Cc1ncnc(N2CC3CN(Cc4cc(F)ccc4F)CC3C2)c1C. The van der Waals surface area contributed by atoms with Crippen LogP contribution in [-0.2, 0) is 6.54 Å². The van der Waals surface area contributed by atoms with Gasteiger partial charge in [-0.3, -0.25) is 4.90 Å². The standard InChI is InChI=1S/C19H22F2N4/c1-12-13(2)22-11-23-19(12)25-9-15-7-24(8-16(15)10-25)6-14-5-17(20)3-4-18(14)21/h3-5,11,15-16H,6-10H2,1-2H3. The van der Waals surface area contributed by atoms with E-state index in [4.69, 9.17) is 0 Å². The van der Waals surface area contributed by atoms with Crippen LogP contribution in [0.15, 0.2) is 24.5 Å². The molecule has 25 heavy (non-hydrogen) atoms. The number of likely N-dealkylation sites (tertiary alicyclic amines) is 1. The Morgan fingerprint density at radius 1 is 1.04 bits per heavy atom. The van der Waals surface area contributed by atoms with E-state index in [1.54, 1.807) is 6.33 Å². The van der Waals surface area contributed by atoms with Crippen LogP contribution in [0.2, 0.25) is 0 Å². The molecular weight excluding hydrogens is 322 g/mol. The summed E-state index contributed by atoms with van der Waals surface area (Å²) in [5.74, 6) is 1.42. The Kier molecular flexibility index (Phi) is 4.15. The van der Waals surface area contributed by atoms with Crippen molar-refractivity contribution in [2.75, 3.05) is 31.1 Å². The summed E-state index contributed by atoms with van der Waals surface area (Å²) in [7, 11) is 0. The molecule has 132 valence electrons. The third kappa shape index (κ3) is 3.11. The minimum atomic E-state index is -0.378. The van der Waals surface area contributed by atoms with Gasteiger partial charge in [0.05, 0.1) is 0 Å². The van der Waals surface area contributed by atoms with Gasteiger partial charge >= 0.3 is 0 Å². The van der Waals surface area contributed by atoms with E-state index in [0.717, 1.165) is 43.3 Å². The van der Waals surface area contributed by atoms with Crippen LogP contribution < -0.4 is 4.90 Å². The molecule has 0 bridgehead atoms. The summed E-state index contributed by atoms with van der Waals surface area (Å²) in [4.78, 5) is 13.3. The number of fused-ring (bicyclic) bond motifs is 1. The zero-order valence-electron chi connectivity index (χ0n) is 14.5. The zero-order chi connectivity index (χ0) is 17.6. The van der Waals surface area contributed by atoms with Crippen molar-refractivity contribution in [2.45, 2.75) is 20.4 Å². The largest absolute Gasteiger partial charge is 0.356 e. The van der Waals surface area contributed by atoms with Crippen molar-refractivity contribution in [2.24, 2.45) is 11.8 Å². The van der Waals surface area contributed by atoms with Gasteiger partial charge in [0.2, 0.25) is 0 Å². The number of hydrogen-bond acceptors (Lipinski definition) is 4. The van der Waals surface area contributed by atoms with Crippen LogP contribution >= 0.6 is 0 Å². The lowest BCUT2D eigenvalue weighted by Gasteiger charge is -2.23. The molecule has 0 saturated carbocycles. The quantitative estimate of drug-likeness (QED) is 0.857. The van der Waals surface area contributed by atoms with Crippen LogP contribution in [0, 0.1) is 37.3 Å². The molecule has 1 aromatic heterocycles. The number of halogens is 2. The summed E-state index contributed by atoms with van der Waals surface area (Å²) < 4.78 is 27.2. The fourth-order valence-electron chi connectivity index (χ4n) is 4.14. The molecule has 2 aliphatic rings. The highest BCUT2D eigenvalue weighted by Crippen LogP contribution is 2.35. The molecule has 2 unspecified atom stereocenters. The number of benzene rings is 1. The van der Waals surface area contributed by atoms with Crippen LogP contribution in [0.5, 0.6) is 0 Å². The Bertz CT molecular complexity index is 781. The van der Waals surface area contributed by atoms with E-state index >= 15 is 0 Å². The van der Waals surface area contributed by atoms with Crippen LogP contribution in [0.4, 0.5) is 14.6 Å². The number of aryl methyl sites for hydroxylation is 1. The van der Waals surface area contributed by atoms with Crippen molar-refractivity contribution in [1.29, 1.82) is 0 Å². The fraction of sp³-hybridized carbons (Fsp3) is 0.474. The van der Waals surface area contributed by atoms with E-state index in [0.29, 0.717) is 23.9 Å². The number of nitrogens with zero attached hydrogens (tertiary/aromatic N) is 4. The first-order chi connectivity index (χ1) is 12.0. The van der Waals surface area contributed by atoms with Crippen LogP contribution in [0.1, 0.15) is 16.8 Å². The average molecular weight is 344 g/mol. The van der Waals surface area contributed by atoms with Crippen molar-refractivity contribution < 1.29 is 8.78 Å². The predicted molar refractivity (Wildman–Crippen MR) is 92.3 cm³/mol. The van der Waals surface area contributed by atoms with E-state index in [9.17, 15) is 8.78 Å². The molecule has 3 heterocycles. The second-order valence-electron chi connectivity index (χ2n) is 7.26. The lowest BCUT2D eigenvalue weighted by Crippen LogP contribution is -2.29. The van der Waals surface area contributed by atoms with Gasteiger partial charge in [-0.1, -0.05) is 0 Å². The molecule has 4 rings (SSSR count). The Hall–Kier alpha value is -2.08. The first kappa shape index (κ1) is 16.4. The van der Waals surface area contributed by atoms with Gasteiger partial charge in [0.15, 0.2) is 0 Å². The number of hydrogen-bond donors (Lipinski definition) is 0. The Morgan fingerprint density at radius 2 is 1.76 bits per heavy atom. The highest BCUT2D eigenvalue weighted by Gasteiger charge is 2.40. The summed E-state index contributed by atoms with van der Waals surface area (Å²) in [5, 5.41) is 0. The normalized spacial score (nSPS) is 23.3. The minimum Gasteiger partial charge on any atom is -0.356 e. The van der Waals surface area contributed by atoms with Gasteiger partial charge in [-0.05, 0) is 43.9 Å². The highest BCUT2D eigenvalue weighted by molar-refractivity contribution is 5.48. The summed E-state index contributed by atoms with van der Waals surface area (Å²) in [6.07, 6.45) is 1.63. The maximum absolute atomic E-state index is 13.9. The molecule has 4 nitrogen and oxygen atoms in total. The van der Waals surface area contributed by atoms with E-state index < -0.39 is 0 Å². The molecule has 0 N–H and O–H groups in total. The van der Waals surface area contributed by atoms with Gasteiger partial charge in [-0.2, -0.15) is 0 Å². The maximum Gasteiger partial charge on any atom is 0.135 e. The lowest BCUT2D eigenvalue weighted by molar-refractivity contribution is 0.303. The Morgan fingerprint density at radius 3 is 2.48 bits per heavy atom. The van der Waals surface area contributed by atoms with Gasteiger partial charge in [0.25, 0.3) is 0 Å². The monoisotopic (exact) mass is 344 g/mol. The first-order valence-corrected chi connectivity index (χ1v) is 8.70. The van der Waals surface area contributed by atoms with Gasteiger partial charge in [-0.15, -0.1) is 0 Å². The summed E-state index contributed by atoms with van der Waals surface area (Å²) >= 11 is 0. The minimum absolute atomic E-state index is 0.327. The van der Waals surface area contributed by atoms with Crippen LogP contribution in [-0.4, -0.2) is 41.0 Å². The molecule has 0 aliphatic carbocycles. The zero-order valence-corrected chi connectivity index (χ0v) is 14.5. The molecule has 2 fully saturated rings. The smallest absolute Gasteiger partial charge is 0.135 e. The Labute approximate surface area is 146 Å². The molecular formula is C19H22F2N4. The number of rotatable bonds is 3. The molecule has 0 radical (unpaired) electrons. The van der Waals surface area contributed by atoms with E-state index in [-0.39, 0.29) is 11.6 Å². The highest BCUT2D eigenvalue weighted by atomic mass is 19.1. The average Bonchev–Trinajstić information content (AvgIpc) is 3.12. The summed E-state index contributed by atoms with van der Waals surface area (Å²) in [5.41, 5.74) is 2.60. The van der Waals surface area contributed by atoms with Crippen molar-refractivity contribution >= 4 is 5.82 Å². The summed E-state index contributed by atoms with van der Waals surface area (Å²) in [6, 6.07) is 3.69. The van der Waals surface area contributed by atoms with Crippen molar-refractivity contribution in [3.63, 3.8) is 0 Å². The van der Waals surface area contributed by atoms with Crippen molar-refractivity contribution in [3.8, 4) is 0 Å². The molecule has 2 atom stereocenters. The first-order valence-electron chi connectivity index (χ1n) is 8.70. The topological polar surface area (TPSA) is 32.3 Å². The molecule has 2 saturated heterocycles. The second-order valence-corrected chi connectivity index (χ2v) is 7.26. The molecule has 2 aliphatic heterocycles. The summed E-state index contributed by atoms with van der Waals surface area (Å²) in [6.45, 7) is 8.31. The third-order valence-electron chi connectivity index (χ3n) is 5.57. The van der Waals surface area contributed by atoms with Gasteiger partial charge in [0.1, 0.15) is 23.8 Å². The molecule has 6 heteroatoms. The number of anilines is 1. The van der Waals surface area contributed by atoms with Gasteiger partial charge in [0, 0.05) is 49.5 Å². The molecule has 0 amide bonds. The lowest BCUT2D eigenvalue weighted by atomic mass is 10.0. The third-order valence-corrected chi connectivity index (χ3v) is 5.57. The fourth-order valence-corrected chi connectivity index (χ4v) is 4.14. The maximum atomic E-state index is 13.9. The second kappa shape index (κ2) is 6.33. The van der Waals surface area contributed by atoms with Crippen molar-refractivity contribution in [3.05, 3.63) is 53.0 Å². The molecule has 1 aromatic carbocycles. The van der Waals surface area contributed by atoms with Crippen molar-refractivity contribution in [1.82, 2.24) is 14.9 Å². The molecule has 2 aromatic rings. The van der Waals surface area contributed by atoms with E-state index in [2.05, 4.69) is 26.7 Å². The molecule has 0 spiro atoms. The predicted octanol–water partition coefficient (Wildman–Crippen LogP) is 2.94. The Balaban J connectivity index is 1.42. The van der Waals surface area contributed by atoms with Crippen LogP contribution in [0.25, 0.3) is 0 Å². The number of aromatic nitrogens is 2. The van der Waals surface area contributed by atoms with Gasteiger partial charge < -0.3 is 4.90 Å². The van der Waals surface area contributed by atoms with E-state index in [1.807, 2.05) is 6.92 Å². The van der Waals surface area contributed by atoms with E-state index in [1.165, 1.54) is 18.2 Å². The van der Waals surface area contributed by atoms with Gasteiger partial charge in [-0.25, -0.2) is 18.7 Å². The van der Waals surface area contributed by atoms with Crippen LogP contribution in [0.3, 0.4) is 0 Å².